The fourth-order valence-electron chi connectivity index (χ4n) is 2.58. The van der Waals surface area contributed by atoms with Crippen molar-refractivity contribution in [2.45, 2.75) is 44.1 Å². The number of hydrogen-bond acceptors (Lipinski definition) is 3. The lowest BCUT2D eigenvalue weighted by atomic mass is 9.68. The zero-order valence-corrected chi connectivity index (χ0v) is 10.0. The van der Waals surface area contributed by atoms with Gasteiger partial charge >= 0.3 is 5.97 Å². The van der Waals surface area contributed by atoms with E-state index in [0.717, 1.165) is 24.0 Å². The summed E-state index contributed by atoms with van der Waals surface area (Å²) in [6.07, 6.45) is 6.16. The number of hydrogen-bond donors (Lipinski definition) is 2. The highest BCUT2D eigenvalue weighted by molar-refractivity contribution is 5.81. The highest BCUT2D eigenvalue weighted by Gasteiger charge is 2.43. The van der Waals surface area contributed by atoms with Gasteiger partial charge in [0.05, 0.1) is 5.41 Å². The van der Waals surface area contributed by atoms with E-state index in [1.54, 1.807) is 12.4 Å². The van der Waals surface area contributed by atoms with E-state index in [1.807, 2.05) is 13.0 Å². The second-order valence-corrected chi connectivity index (χ2v) is 4.98. The lowest BCUT2D eigenvalue weighted by molar-refractivity contribution is -0.145. The number of aromatic nitrogens is 1. The number of carboxylic acid groups (broad SMARTS) is 1. The first-order chi connectivity index (χ1) is 8.04. The van der Waals surface area contributed by atoms with Gasteiger partial charge in [-0.3, -0.25) is 9.78 Å². The number of rotatable bonds is 2. The minimum atomic E-state index is -0.783. The van der Waals surface area contributed by atoms with Crippen LogP contribution in [0.2, 0.25) is 0 Å². The Balaban J connectivity index is 2.38. The molecule has 0 amide bonds. The Kier molecular flexibility index (Phi) is 3.15. The molecule has 1 fully saturated rings. The molecule has 92 valence electrons. The number of carbonyl (C=O) groups is 1. The maximum absolute atomic E-state index is 11.6. The molecule has 2 rings (SSSR count). The van der Waals surface area contributed by atoms with E-state index in [1.165, 1.54) is 0 Å². The number of aliphatic carboxylic acids is 1. The van der Waals surface area contributed by atoms with Gasteiger partial charge < -0.3 is 10.8 Å². The first-order valence-electron chi connectivity index (χ1n) is 5.96. The van der Waals surface area contributed by atoms with Gasteiger partial charge in [0.25, 0.3) is 0 Å². The lowest BCUT2D eigenvalue weighted by Crippen LogP contribution is -2.42. The van der Waals surface area contributed by atoms with E-state index in [4.69, 9.17) is 5.73 Å². The molecule has 1 heterocycles. The minimum Gasteiger partial charge on any atom is -0.481 e. The number of nitrogens with zero attached hydrogens (tertiary/aromatic N) is 1. The molecule has 0 saturated heterocycles. The summed E-state index contributed by atoms with van der Waals surface area (Å²) >= 11 is 0. The molecule has 0 atom stereocenters. The topological polar surface area (TPSA) is 76.2 Å². The first kappa shape index (κ1) is 12.0. The van der Waals surface area contributed by atoms with Gasteiger partial charge in [0.15, 0.2) is 0 Å². The molecule has 1 aromatic heterocycles. The average Bonchev–Trinajstić information content (AvgIpc) is 2.30. The summed E-state index contributed by atoms with van der Waals surface area (Å²) in [4.78, 5) is 15.7. The van der Waals surface area contributed by atoms with E-state index < -0.39 is 11.4 Å². The summed E-state index contributed by atoms with van der Waals surface area (Å²) in [5.41, 5.74) is 6.89. The minimum absolute atomic E-state index is 0.139. The van der Waals surface area contributed by atoms with Gasteiger partial charge in [-0.25, -0.2) is 0 Å². The lowest BCUT2D eigenvalue weighted by Gasteiger charge is -2.35. The second kappa shape index (κ2) is 4.45. The molecule has 0 bridgehead atoms. The molecule has 0 unspecified atom stereocenters. The third-order valence-corrected chi connectivity index (χ3v) is 3.72. The Hall–Kier alpha value is -1.42. The SMILES string of the molecule is Cc1cncc(C2(C(=O)O)CCC(N)CC2)c1. The van der Waals surface area contributed by atoms with Crippen molar-refractivity contribution in [2.24, 2.45) is 5.73 Å². The first-order valence-corrected chi connectivity index (χ1v) is 5.96. The molecule has 0 aliphatic heterocycles. The van der Waals surface area contributed by atoms with Gasteiger partial charge in [-0.05, 0) is 43.7 Å². The van der Waals surface area contributed by atoms with E-state index in [9.17, 15) is 9.90 Å². The summed E-state index contributed by atoms with van der Waals surface area (Å²) in [7, 11) is 0. The van der Waals surface area contributed by atoms with Gasteiger partial charge in [-0.1, -0.05) is 6.07 Å². The quantitative estimate of drug-likeness (QED) is 0.815. The van der Waals surface area contributed by atoms with Crippen LogP contribution in [0.1, 0.15) is 36.8 Å². The summed E-state index contributed by atoms with van der Waals surface area (Å²) in [5.74, 6) is -0.753. The van der Waals surface area contributed by atoms with Crippen LogP contribution in [0.4, 0.5) is 0 Å². The van der Waals surface area contributed by atoms with Gasteiger partial charge in [-0.15, -0.1) is 0 Å². The maximum atomic E-state index is 11.6. The number of aryl methyl sites for hydroxylation is 1. The van der Waals surface area contributed by atoms with Crippen LogP contribution in [0, 0.1) is 6.92 Å². The van der Waals surface area contributed by atoms with Gasteiger partial charge in [0.2, 0.25) is 0 Å². The summed E-state index contributed by atoms with van der Waals surface area (Å²) in [6, 6.07) is 2.07. The second-order valence-electron chi connectivity index (χ2n) is 4.98. The van der Waals surface area contributed by atoms with Gasteiger partial charge in [-0.2, -0.15) is 0 Å². The highest BCUT2D eigenvalue weighted by atomic mass is 16.4. The molecule has 0 radical (unpaired) electrons. The van der Waals surface area contributed by atoms with Crippen LogP contribution in [0.15, 0.2) is 18.5 Å². The molecule has 0 spiro atoms. The van der Waals surface area contributed by atoms with Crippen LogP contribution >= 0.6 is 0 Å². The van der Waals surface area contributed by atoms with Gasteiger partial charge in [0.1, 0.15) is 0 Å². The van der Waals surface area contributed by atoms with Crippen molar-refractivity contribution in [3.05, 3.63) is 29.6 Å². The monoisotopic (exact) mass is 234 g/mol. The zero-order valence-electron chi connectivity index (χ0n) is 10.0. The molecule has 4 nitrogen and oxygen atoms in total. The fraction of sp³-hybridized carbons (Fsp3) is 0.538. The van der Waals surface area contributed by atoms with E-state index in [2.05, 4.69) is 4.98 Å². The summed E-state index contributed by atoms with van der Waals surface area (Å²) in [6.45, 7) is 1.93. The summed E-state index contributed by atoms with van der Waals surface area (Å²) in [5, 5.41) is 9.55. The van der Waals surface area contributed by atoms with Gasteiger partial charge in [0, 0.05) is 18.4 Å². The van der Waals surface area contributed by atoms with Crippen molar-refractivity contribution in [3.8, 4) is 0 Å². The Morgan fingerprint density at radius 1 is 1.47 bits per heavy atom. The average molecular weight is 234 g/mol. The van der Waals surface area contributed by atoms with E-state index >= 15 is 0 Å². The van der Waals surface area contributed by atoms with Crippen molar-refractivity contribution in [3.63, 3.8) is 0 Å². The standard InChI is InChI=1S/C13H18N2O2/c1-9-6-10(8-15-7-9)13(12(16)17)4-2-11(14)3-5-13/h6-8,11H,2-5,14H2,1H3,(H,16,17). The highest BCUT2D eigenvalue weighted by Crippen LogP contribution is 2.39. The predicted molar refractivity (Wildman–Crippen MR) is 64.7 cm³/mol. The van der Waals surface area contributed by atoms with Crippen LogP contribution < -0.4 is 5.73 Å². The maximum Gasteiger partial charge on any atom is 0.314 e. The largest absolute Gasteiger partial charge is 0.481 e. The van der Waals surface area contributed by atoms with E-state index in [0.29, 0.717) is 12.8 Å². The van der Waals surface area contributed by atoms with Crippen molar-refractivity contribution in [2.75, 3.05) is 0 Å². The third kappa shape index (κ3) is 2.17. The van der Waals surface area contributed by atoms with Crippen molar-refractivity contribution in [1.82, 2.24) is 4.98 Å². The normalized spacial score (nSPS) is 28.9. The van der Waals surface area contributed by atoms with Crippen LogP contribution in [0.5, 0.6) is 0 Å². The van der Waals surface area contributed by atoms with Crippen LogP contribution in [0.3, 0.4) is 0 Å². The van der Waals surface area contributed by atoms with Crippen LogP contribution in [-0.4, -0.2) is 22.1 Å². The molecule has 1 aromatic rings. The van der Waals surface area contributed by atoms with Crippen LogP contribution in [0.25, 0.3) is 0 Å². The number of pyridine rings is 1. The van der Waals surface area contributed by atoms with Crippen molar-refractivity contribution >= 4 is 5.97 Å². The van der Waals surface area contributed by atoms with Crippen molar-refractivity contribution < 1.29 is 9.90 Å². The molecular weight excluding hydrogens is 216 g/mol. The Morgan fingerprint density at radius 3 is 2.65 bits per heavy atom. The smallest absolute Gasteiger partial charge is 0.314 e. The Labute approximate surface area is 101 Å². The Bertz CT molecular complexity index is 423. The van der Waals surface area contributed by atoms with Crippen LogP contribution in [-0.2, 0) is 10.2 Å². The fourth-order valence-corrected chi connectivity index (χ4v) is 2.58. The molecule has 1 aliphatic rings. The molecular formula is C13H18N2O2. The predicted octanol–water partition coefficient (Wildman–Crippen LogP) is 1.61. The molecule has 1 saturated carbocycles. The molecule has 1 aliphatic carbocycles. The summed E-state index contributed by atoms with van der Waals surface area (Å²) < 4.78 is 0. The van der Waals surface area contributed by atoms with E-state index in [-0.39, 0.29) is 6.04 Å². The van der Waals surface area contributed by atoms with Crippen molar-refractivity contribution in [1.29, 1.82) is 0 Å². The molecule has 0 aromatic carbocycles. The third-order valence-electron chi connectivity index (χ3n) is 3.72. The Morgan fingerprint density at radius 2 is 2.12 bits per heavy atom. The number of carboxylic acids is 1. The number of nitrogens with two attached hydrogens (primary N) is 1. The molecule has 4 heteroatoms. The zero-order chi connectivity index (χ0) is 12.5. The molecule has 3 N–H and O–H groups in total. The molecule has 17 heavy (non-hydrogen) atoms.